The van der Waals surface area contributed by atoms with Crippen molar-refractivity contribution in [1.29, 1.82) is 10.5 Å². The zero-order valence-electron chi connectivity index (χ0n) is 10.8. The molecule has 0 aliphatic heterocycles. The minimum Gasteiger partial charge on any atom is -0.480 e. The first-order valence-electron chi connectivity index (χ1n) is 5.91. The van der Waals surface area contributed by atoms with Gasteiger partial charge in [0.1, 0.15) is 6.04 Å². The Morgan fingerprint density at radius 1 is 1.30 bits per heavy atom. The Morgan fingerprint density at radius 2 is 1.90 bits per heavy atom. The molecule has 6 nitrogen and oxygen atoms in total. The second kappa shape index (κ2) is 6.91. The molecule has 0 aliphatic carbocycles. The van der Waals surface area contributed by atoms with Crippen molar-refractivity contribution in [3.63, 3.8) is 0 Å². The molecule has 0 unspecified atom stereocenters. The number of nitrogens with zero attached hydrogens (tertiary/aromatic N) is 2. The van der Waals surface area contributed by atoms with Crippen LogP contribution in [-0.4, -0.2) is 23.0 Å². The lowest BCUT2D eigenvalue weighted by Crippen LogP contribution is -2.41. The van der Waals surface area contributed by atoms with Crippen molar-refractivity contribution < 1.29 is 14.7 Å². The number of hydrogen-bond donors (Lipinski definition) is 2. The van der Waals surface area contributed by atoms with Crippen LogP contribution in [-0.2, 0) is 4.79 Å². The number of aliphatic carboxylic acids is 1. The van der Waals surface area contributed by atoms with Gasteiger partial charge in [-0.3, -0.25) is 4.79 Å². The van der Waals surface area contributed by atoms with Crippen LogP contribution in [0.3, 0.4) is 0 Å². The maximum atomic E-state index is 11.9. The van der Waals surface area contributed by atoms with Gasteiger partial charge in [-0.2, -0.15) is 10.5 Å². The van der Waals surface area contributed by atoms with E-state index in [9.17, 15) is 9.59 Å². The zero-order chi connectivity index (χ0) is 15.1. The summed E-state index contributed by atoms with van der Waals surface area (Å²) in [5, 5.41) is 28.7. The third kappa shape index (κ3) is 4.11. The van der Waals surface area contributed by atoms with E-state index in [2.05, 4.69) is 5.32 Å². The smallest absolute Gasteiger partial charge is 0.326 e. The first kappa shape index (κ1) is 15.2. The van der Waals surface area contributed by atoms with E-state index in [0.29, 0.717) is 5.56 Å². The lowest BCUT2D eigenvalue weighted by molar-refractivity contribution is -0.139. The molecule has 20 heavy (non-hydrogen) atoms. The fraction of sp³-hybridized carbons (Fsp3) is 0.286. The highest BCUT2D eigenvalue weighted by atomic mass is 16.4. The largest absolute Gasteiger partial charge is 0.480 e. The van der Waals surface area contributed by atoms with Gasteiger partial charge in [0.15, 0.2) is 0 Å². The molecular formula is C14H13N3O3. The van der Waals surface area contributed by atoms with Crippen LogP contribution in [0, 0.1) is 28.6 Å². The molecule has 6 heteroatoms. The molecule has 0 aromatic heterocycles. The van der Waals surface area contributed by atoms with Crippen molar-refractivity contribution in [3.8, 4) is 12.1 Å². The van der Waals surface area contributed by atoms with E-state index in [1.165, 1.54) is 24.3 Å². The number of carboxylic acids is 1. The van der Waals surface area contributed by atoms with Crippen molar-refractivity contribution in [3.05, 3.63) is 35.4 Å². The van der Waals surface area contributed by atoms with Gasteiger partial charge in [0.25, 0.3) is 5.91 Å². The van der Waals surface area contributed by atoms with Crippen molar-refractivity contribution >= 4 is 11.9 Å². The van der Waals surface area contributed by atoms with Crippen molar-refractivity contribution in [2.24, 2.45) is 5.92 Å². The Kier molecular flexibility index (Phi) is 5.25. The van der Waals surface area contributed by atoms with Crippen LogP contribution in [0.25, 0.3) is 0 Å². The van der Waals surface area contributed by atoms with Crippen LogP contribution in [0.5, 0.6) is 0 Å². The third-order valence-electron chi connectivity index (χ3n) is 2.69. The molecule has 0 heterocycles. The average Bonchev–Trinajstić information content (AvgIpc) is 2.46. The Bertz CT molecular complexity index is 581. The second-order valence-electron chi connectivity index (χ2n) is 4.32. The highest BCUT2D eigenvalue weighted by Gasteiger charge is 2.22. The van der Waals surface area contributed by atoms with Crippen LogP contribution in [0.4, 0.5) is 0 Å². The topological polar surface area (TPSA) is 114 Å². The minimum absolute atomic E-state index is 0.0356. The van der Waals surface area contributed by atoms with E-state index < -0.39 is 23.8 Å². The van der Waals surface area contributed by atoms with Gasteiger partial charge in [-0.15, -0.1) is 0 Å². The Hall–Kier alpha value is -2.86. The molecule has 2 N–H and O–H groups in total. The number of carbonyl (C=O) groups is 2. The first-order chi connectivity index (χ1) is 9.47. The third-order valence-corrected chi connectivity index (χ3v) is 2.69. The van der Waals surface area contributed by atoms with Crippen LogP contribution >= 0.6 is 0 Å². The number of amides is 1. The lowest BCUT2D eigenvalue weighted by Gasteiger charge is -2.15. The minimum atomic E-state index is -1.19. The monoisotopic (exact) mass is 271 g/mol. The number of nitrogens with one attached hydrogen (secondary N) is 1. The van der Waals surface area contributed by atoms with Gasteiger partial charge in [-0.05, 0) is 37.6 Å². The van der Waals surface area contributed by atoms with Gasteiger partial charge in [-0.25, -0.2) is 4.79 Å². The predicted molar refractivity (Wildman–Crippen MR) is 69.4 cm³/mol. The second-order valence-corrected chi connectivity index (χ2v) is 4.32. The molecule has 2 atom stereocenters. The molecule has 0 aliphatic rings. The summed E-state index contributed by atoms with van der Waals surface area (Å²) in [5.74, 6) is -2.21. The van der Waals surface area contributed by atoms with E-state index in [1.54, 1.807) is 6.92 Å². The molecule has 0 saturated heterocycles. The van der Waals surface area contributed by atoms with Gasteiger partial charge in [0.05, 0.1) is 17.7 Å². The maximum absolute atomic E-state index is 11.9. The maximum Gasteiger partial charge on any atom is 0.326 e. The van der Waals surface area contributed by atoms with E-state index in [4.69, 9.17) is 15.6 Å². The van der Waals surface area contributed by atoms with Crippen LogP contribution in [0.2, 0.25) is 0 Å². The first-order valence-corrected chi connectivity index (χ1v) is 5.91. The summed E-state index contributed by atoms with van der Waals surface area (Å²) in [7, 11) is 0. The van der Waals surface area contributed by atoms with Gasteiger partial charge in [-0.1, -0.05) is 0 Å². The Balaban J connectivity index is 2.78. The molecule has 0 fully saturated rings. The lowest BCUT2D eigenvalue weighted by atomic mass is 10.0. The number of carboxylic acid groups (broad SMARTS) is 1. The summed E-state index contributed by atoms with van der Waals surface area (Å²) in [5.41, 5.74) is 0.675. The predicted octanol–water partition coefficient (Wildman–Crippen LogP) is 1.29. The molecule has 0 spiro atoms. The van der Waals surface area contributed by atoms with Crippen molar-refractivity contribution in [2.75, 3.05) is 0 Å². The quantitative estimate of drug-likeness (QED) is 0.837. The summed E-state index contributed by atoms with van der Waals surface area (Å²) < 4.78 is 0. The number of carbonyl (C=O) groups excluding carboxylic acids is 1. The summed E-state index contributed by atoms with van der Waals surface area (Å²) in [6.45, 7) is 1.59. The van der Waals surface area contributed by atoms with E-state index in [1.807, 2.05) is 12.1 Å². The number of nitriles is 2. The van der Waals surface area contributed by atoms with Gasteiger partial charge >= 0.3 is 5.97 Å². The molecule has 1 amide bonds. The van der Waals surface area contributed by atoms with Crippen molar-refractivity contribution in [2.45, 2.75) is 19.4 Å². The van der Waals surface area contributed by atoms with Gasteiger partial charge in [0.2, 0.25) is 0 Å². The normalized spacial score (nSPS) is 12.6. The van der Waals surface area contributed by atoms with Gasteiger partial charge < -0.3 is 10.4 Å². The molecule has 1 aromatic carbocycles. The molecular weight excluding hydrogens is 258 g/mol. The Morgan fingerprint density at radius 3 is 2.35 bits per heavy atom. The van der Waals surface area contributed by atoms with Crippen molar-refractivity contribution in [1.82, 2.24) is 5.32 Å². The average molecular weight is 271 g/mol. The van der Waals surface area contributed by atoms with Crippen LogP contribution in [0.1, 0.15) is 29.3 Å². The molecule has 102 valence electrons. The van der Waals surface area contributed by atoms with Gasteiger partial charge in [0, 0.05) is 11.5 Å². The summed E-state index contributed by atoms with van der Waals surface area (Å²) in [6.07, 6.45) is 0.0356. The SMILES string of the molecule is C[C@H](C#N)C[C@@H](NC(=O)c1ccc(C#N)cc1)C(=O)O. The number of rotatable bonds is 5. The highest BCUT2D eigenvalue weighted by molar-refractivity contribution is 5.96. The summed E-state index contributed by atoms with van der Waals surface area (Å²) >= 11 is 0. The van der Waals surface area contributed by atoms with E-state index >= 15 is 0 Å². The Labute approximate surface area is 116 Å². The number of hydrogen-bond acceptors (Lipinski definition) is 4. The fourth-order valence-electron chi connectivity index (χ4n) is 1.57. The van der Waals surface area contributed by atoms with Crippen LogP contribution in [0.15, 0.2) is 24.3 Å². The van der Waals surface area contributed by atoms with Crippen LogP contribution < -0.4 is 5.32 Å². The fourth-order valence-corrected chi connectivity index (χ4v) is 1.57. The van der Waals surface area contributed by atoms with E-state index in [0.717, 1.165) is 0 Å². The zero-order valence-corrected chi connectivity index (χ0v) is 10.8. The molecule has 0 bridgehead atoms. The molecule has 1 rings (SSSR count). The highest BCUT2D eigenvalue weighted by Crippen LogP contribution is 2.08. The standard InChI is InChI=1S/C14H13N3O3/c1-9(7-15)6-12(14(19)20)17-13(18)11-4-2-10(8-16)3-5-11/h2-5,9,12H,6H2,1H3,(H,17,18)(H,19,20)/t9-,12+/m0/s1. The molecule has 0 saturated carbocycles. The molecule has 0 radical (unpaired) electrons. The summed E-state index contributed by atoms with van der Waals surface area (Å²) in [6, 6.07) is 8.57. The molecule has 1 aromatic rings. The number of benzene rings is 1. The summed E-state index contributed by atoms with van der Waals surface area (Å²) in [4.78, 5) is 22.9. The van der Waals surface area contributed by atoms with E-state index in [-0.39, 0.29) is 12.0 Å².